The summed E-state index contributed by atoms with van der Waals surface area (Å²) in [6.07, 6.45) is 2.91. The van der Waals surface area contributed by atoms with E-state index in [1.54, 1.807) is 24.4 Å². The third-order valence-corrected chi connectivity index (χ3v) is 6.77. The number of nitrogens with one attached hydrogen (secondary N) is 1. The summed E-state index contributed by atoms with van der Waals surface area (Å²) in [5.41, 5.74) is 0.848. The molecule has 5 rings (SSSR count). The van der Waals surface area contributed by atoms with Crippen molar-refractivity contribution in [3.63, 3.8) is 0 Å². The van der Waals surface area contributed by atoms with Crippen LogP contribution in [0.1, 0.15) is 57.7 Å². The summed E-state index contributed by atoms with van der Waals surface area (Å²) in [6, 6.07) is 9.61. The Bertz CT molecular complexity index is 1140. The molecular formula is C24H24N4O5. The number of amides is 4. The van der Waals surface area contributed by atoms with Crippen molar-refractivity contribution in [2.24, 2.45) is 0 Å². The molecule has 3 aliphatic heterocycles. The number of hydrogen-bond donors (Lipinski definition) is 2. The molecule has 0 spiro atoms. The van der Waals surface area contributed by atoms with Crippen LogP contribution in [0.5, 0.6) is 0 Å². The normalized spacial score (nSPS) is 22.9. The van der Waals surface area contributed by atoms with E-state index in [2.05, 4.69) is 15.2 Å². The van der Waals surface area contributed by atoms with Crippen molar-refractivity contribution in [2.45, 2.75) is 43.9 Å². The van der Waals surface area contributed by atoms with E-state index in [0.29, 0.717) is 38.0 Å². The molecule has 0 saturated carbocycles. The standard InChI is InChI=1S/C24H24N4O5/c29-20-7-6-19(21(30)26-20)28-22(31)17-5-4-15(13-18(17)23(28)32)24(33)8-11-27(12-9-24)14-16-3-1-2-10-25-16/h1-5,10,13,19,33H,6-9,11-12,14H2,(H,26,29,30). The summed E-state index contributed by atoms with van der Waals surface area (Å²) in [5.74, 6) is -2.16. The molecule has 4 amide bonds. The number of imide groups is 2. The van der Waals surface area contributed by atoms with Gasteiger partial charge in [0.1, 0.15) is 6.04 Å². The maximum Gasteiger partial charge on any atom is 0.262 e. The van der Waals surface area contributed by atoms with E-state index in [1.165, 1.54) is 0 Å². The number of aliphatic hydroxyl groups is 1. The lowest BCUT2D eigenvalue weighted by Gasteiger charge is -2.38. The fourth-order valence-corrected chi connectivity index (χ4v) is 4.85. The Labute approximate surface area is 190 Å². The number of carbonyl (C=O) groups is 4. The minimum absolute atomic E-state index is 0.0732. The molecular weight excluding hydrogens is 424 g/mol. The fourth-order valence-electron chi connectivity index (χ4n) is 4.85. The molecule has 2 aromatic rings. The van der Waals surface area contributed by atoms with Crippen LogP contribution in [0.25, 0.3) is 0 Å². The highest BCUT2D eigenvalue weighted by Crippen LogP contribution is 2.36. The second kappa shape index (κ2) is 8.17. The highest BCUT2D eigenvalue weighted by atomic mass is 16.3. The van der Waals surface area contributed by atoms with Crippen LogP contribution in [0.2, 0.25) is 0 Å². The number of aromatic nitrogens is 1. The molecule has 0 aliphatic carbocycles. The average Bonchev–Trinajstić information content (AvgIpc) is 3.06. The highest BCUT2D eigenvalue weighted by Gasteiger charge is 2.45. The van der Waals surface area contributed by atoms with Gasteiger partial charge in [0.25, 0.3) is 11.8 Å². The highest BCUT2D eigenvalue weighted by molar-refractivity contribution is 6.23. The topological polar surface area (TPSA) is 120 Å². The first-order valence-corrected chi connectivity index (χ1v) is 11.1. The average molecular weight is 448 g/mol. The molecule has 0 bridgehead atoms. The molecule has 3 aliphatic rings. The third-order valence-electron chi connectivity index (χ3n) is 6.77. The van der Waals surface area contributed by atoms with E-state index in [4.69, 9.17) is 0 Å². The molecule has 0 radical (unpaired) electrons. The van der Waals surface area contributed by atoms with Gasteiger partial charge in [0, 0.05) is 32.3 Å². The number of fused-ring (bicyclic) bond motifs is 1. The van der Waals surface area contributed by atoms with Gasteiger partial charge in [-0.25, -0.2) is 0 Å². The zero-order valence-electron chi connectivity index (χ0n) is 18.0. The van der Waals surface area contributed by atoms with Gasteiger partial charge in [-0.3, -0.25) is 39.3 Å². The first kappa shape index (κ1) is 21.4. The minimum Gasteiger partial charge on any atom is -0.385 e. The van der Waals surface area contributed by atoms with Crippen LogP contribution < -0.4 is 5.32 Å². The third kappa shape index (κ3) is 3.83. The quantitative estimate of drug-likeness (QED) is 0.669. The van der Waals surface area contributed by atoms with Crippen molar-refractivity contribution in [1.29, 1.82) is 0 Å². The van der Waals surface area contributed by atoms with Gasteiger partial charge in [0.05, 0.1) is 22.4 Å². The summed E-state index contributed by atoms with van der Waals surface area (Å²) in [5, 5.41) is 13.5. The van der Waals surface area contributed by atoms with Crippen LogP contribution >= 0.6 is 0 Å². The molecule has 2 saturated heterocycles. The summed E-state index contributed by atoms with van der Waals surface area (Å²) in [6.45, 7) is 2.04. The van der Waals surface area contributed by atoms with Crippen molar-refractivity contribution in [3.8, 4) is 0 Å². The van der Waals surface area contributed by atoms with Gasteiger partial charge < -0.3 is 5.11 Å². The van der Waals surface area contributed by atoms with Crippen molar-refractivity contribution >= 4 is 23.6 Å². The largest absolute Gasteiger partial charge is 0.385 e. The summed E-state index contributed by atoms with van der Waals surface area (Å²) < 4.78 is 0. The molecule has 9 nitrogen and oxygen atoms in total. The number of pyridine rings is 1. The maximum absolute atomic E-state index is 13.1. The van der Waals surface area contributed by atoms with E-state index in [1.807, 2.05) is 18.2 Å². The van der Waals surface area contributed by atoms with E-state index >= 15 is 0 Å². The summed E-state index contributed by atoms with van der Waals surface area (Å²) in [4.78, 5) is 57.1. The summed E-state index contributed by atoms with van der Waals surface area (Å²) in [7, 11) is 0. The number of rotatable bonds is 4. The smallest absolute Gasteiger partial charge is 0.262 e. The number of carbonyl (C=O) groups excluding carboxylic acids is 4. The maximum atomic E-state index is 13.1. The minimum atomic E-state index is -1.11. The van der Waals surface area contributed by atoms with Crippen LogP contribution in [0.4, 0.5) is 0 Å². The van der Waals surface area contributed by atoms with Crippen molar-refractivity contribution in [3.05, 3.63) is 65.0 Å². The predicted molar refractivity (Wildman–Crippen MR) is 116 cm³/mol. The molecule has 170 valence electrons. The van der Waals surface area contributed by atoms with E-state index < -0.39 is 35.3 Å². The van der Waals surface area contributed by atoms with Crippen molar-refractivity contribution in [2.75, 3.05) is 13.1 Å². The first-order chi connectivity index (χ1) is 15.9. The lowest BCUT2D eigenvalue weighted by Crippen LogP contribution is -2.54. The monoisotopic (exact) mass is 448 g/mol. The molecule has 1 unspecified atom stereocenters. The van der Waals surface area contributed by atoms with Crippen LogP contribution in [0.3, 0.4) is 0 Å². The number of hydrogen-bond acceptors (Lipinski definition) is 7. The van der Waals surface area contributed by atoms with Gasteiger partial charge in [-0.1, -0.05) is 12.1 Å². The van der Waals surface area contributed by atoms with Crippen molar-refractivity contribution in [1.82, 2.24) is 20.1 Å². The van der Waals surface area contributed by atoms with Gasteiger partial charge in [-0.05, 0) is 49.1 Å². The zero-order chi connectivity index (χ0) is 23.2. The van der Waals surface area contributed by atoms with Crippen LogP contribution in [-0.4, -0.2) is 62.7 Å². The second-order valence-electron chi connectivity index (χ2n) is 8.84. The van der Waals surface area contributed by atoms with Crippen molar-refractivity contribution < 1.29 is 24.3 Å². The Balaban J connectivity index is 1.32. The second-order valence-corrected chi connectivity index (χ2v) is 8.84. The summed E-state index contributed by atoms with van der Waals surface area (Å²) >= 11 is 0. The van der Waals surface area contributed by atoms with Gasteiger partial charge in [-0.2, -0.15) is 0 Å². The first-order valence-electron chi connectivity index (χ1n) is 11.1. The zero-order valence-corrected chi connectivity index (χ0v) is 18.0. The Morgan fingerprint density at radius 2 is 1.79 bits per heavy atom. The SMILES string of the molecule is O=C1CCC(N2C(=O)c3ccc(C4(O)CCN(Cc5ccccn5)CC4)cc3C2=O)C(=O)N1. The predicted octanol–water partition coefficient (Wildman–Crippen LogP) is 0.966. The fraction of sp³-hybridized carbons (Fsp3) is 0.375. The number of nitrogens with zero attached hydrogens (tertiary/aromatic N) is 3. The van der Waals surface area contributed by atoms with E-state index in [-0.39, 0.29) is 24.0 Å². The van der Waals surface area contributed by atoms with Gasteiger partial charge in [0.2, 0.25) is 11.8 Å². The molecule has 1 atom stereocenters. The number of benzene rings is 1. The Morgan fingerprint density at radius 3 is 2.48 bits per heavy atom. The molecule has 1 aromatic heterocycles. The van der Waals surface area contributed by atoms with Gasteiger partial charge in [-0.15, -0.1) is 0 Å². The molecule has 2 fully saturated rings. The van der Waals surface area contributed by atoms with E-state index in [9.17, 15) is 24.3 Å². The van der Waals surface area contributed by atoms with Crippen LogP contribution in [-0.2, 0) is 21.7 Å². The molecule has 2 N–H and O–H groups in total. The number of likely N-dealkylation sites (tertiary alicyclic amines) is 1. The van der Waals surface area contributed by atoms with Crippen LogP contribution in [0, 0.1) is 0 Å². The lowest BCUT2D eigenvalue weighted by atomic mass is 9.83. The molecule has 4 heterocycles. The Morgan fingerprint density at radius 1 is 1.03 bits per heavy atom. The van der Waals surface area contributed by atoms with E-state index in [0.717, 1.165) is 10.6 Å². The Hall–Kier alpha value is -3.43. The Kier molecular flexibility index (Phi) is 5.30. The van der Waals surface area contributed by atoms with Gasteiger partial charge >= 0.3 is 0 Å². The lowest BCUT2D eigenvalue weighted by molar-refractivity contribution is -0.136. The molecule has 1 aromatic carbocycles. The molecule has 9 heteroatoms. The van der Waals surface area contributed by atoms with Gasteiger partial charge in [0.15, 0.2) is 0 Å². The number of piperidine rings is 2. The molecule has 33 heavy (non-hydrogen) atoms. The van der Waals surface area contributed by atoms with Crippen LogP contribution in [0.15, 0.2) is 42.6 Å².